The fourth-order valence-electron chi connectivity index (χ4n) is 1.83. The number of aliphatic carboxylic acids is 1. The van der Waals surface area contributed by atoms with Gasteiger partial charge in [0, 0.05) is 13.1 Å². The lowest BCUT2D eigenvalue weighted by molar-refractivity contribution is -0.139. The van der Waals surface area contributed by atoms with Crippen LogP contribution in [0.5, 0.6) is 0 Å². The molecule has 1 unspecified atom stereocenters. The summed E-state index contributed by atoms with van der Waals surface area (Å²) in [5.74, 6) is -0.821. The van der Waals surface area contributed by atoms with E-state index in [1.807, 2.05) is 0 Å². The van der Waals surface area contributed by atoms with Crippen LogP contribution >= 0.6 is 0 Å². The zero-order valence-corrected chi connectivity index (χ0v) is 12.0. The minimum atomic E-state index is -0.821. The summed E-state index contributed by atoms with van der Waals surface area (Å²) >= 11 is 0. The first-order valence-corrected chi connectivity index (χ1v) is 6.83. The molecule has 4 heteroatoms. The molecule has 0 aliphatic rings. The van der Waals surface area contributed by atoms with Crippen molar-refractivity contribution in [2.75, 3.05) is 13.1 Å². The van der Waals surface area contributed by atoms with Gasteiger partial charge in [0.25, 0.3) is 0 Å². The van der Waals surface area contributed by atoms with Crippen LogP contribution in [0.3, 0.4) is 0 Å². The van der Waals surface area contributed by atoms with E-state index in [0.717, 1.165) is 25.2 Å². The summed E-state index contributed by atoms with van der Waals surface area (Å²) in [4.78, 5) is 13.1. The lowest BCUT2D eigenvalue weighted by atomic mass is 10.1. The number of carboxylic acids is 1. The lowest BCUT2D eigenvalue weighted by Gasteiger charge is -2.18. The molecule has 0 amide bonds. The van der Waals surface area contributed by atoms with Crippen LogP contribution in [0.15, 0.2) is 24.3 Å². The Morgan fingerprint density at radius 2 is 1.74 bits per heavy atom. The van der Waals surface area contributed by atoms with E-state index >= 15 is 0 Å². The van der Waals surface area contributed by atoms with Crippen molar-refractivity contribution in [2.24, 2.45) is 0 Å². The first-order chi connectivity index (χ1) is 9.06. The van der Waals surface area contributed by atoms with Crippen LogP contribution in [0.2, 0.25) is 0 Å². The van der Waals surface area contributed by atoms with Crippen LogP contribution < -0.4 is 5.32 Å². The van der Waals surface area contributed by atoms with E-state index in [-0.39, 0.29) is 0 Å². The van der Waals surface area contributed by atoms with Gasteiger partial charge in [-0.1, -0.05) is 38.1 Å². The highest BCUT2D eigenvalue weighted by molar-refractivity contribution is 5.72. The van der Waals surface area contributed by atoms with Crippen LogP contribution in [0.1, 0.15) is 31.9 Å². The molecule has 1 atom stereocenters. The smallest absolute Gasteiger partial charge is 0.320 e. The van der Waals surface area contributed by atoms with Crippen LogP contribution in [-0.2, 0) is 17.9 Å². The molecule has 0 bridgehead atoms. The minimum Gasteiger partial charge on any atom is -0.480 e. The maximum Gasteiger partial charge on any atom is 0.320 e. The van der Waals surface area contributed by atoms with Gasteiger partial charge in [-0.25, -0.2) is 0 Å². The van der Waals surface area contributed by atoms with Crippen molar-refractivity contribution in [1.82, 2.24) is 10.2 Å². The first-order valence-electron chi connectivity index (χ1n) is 6.83. The van der Waals surface area contributed by atoms with E-state index in [4.69, 9.17) is 5.11 Å². The predicted octanol–water partition coefficient (Wildman–Crippen LogP) is 2.09. The predicted molar refractivity (Wildman–Crippen MR) is 77.0 cm³/mol. The molecule has 0 radical (unpaired) electrons. The Morgan fingerprint density at radius 1 is 1.21 bits per heavy atom. The van der Waals surface area contributed by atoms with E-state index < -0.39 is 12.0 Å². The van der Waals surface area contributed by atoms with Crippen molar-refractivity contribution in [1.29, 1.82) is 0 Å². The summed E-state index contributed by atoms with van der Waals surface area (Å²) in [6, 6.07) is 7.82. The minimum absolute atomic E-state index is 0.518. The summed E-state index contributed by atoms with van der Waals surface area (Å²) in [6.07, 6.45) is 0. The lowest BCUT2D eigenvalue weighted by Crippen LogP contribution is -2.33. The van der Waals surface area contributed by atoms with E-state index in [1.165, 1.54) is 5.56 Å². The summed E-state index contributed by atoms with van der Waals surface area (Å²) in [6.45, 7) is 9.62. The van der Waals surface area contributed by atoms with Gasteiger partial charge in [-0.2, -0.15) is 0 Å². The maximum absolute atomic E-state index is 10.7. The molecule has 0 aliphatic carbocycles. The number of carboxylic acid groups (broad SMARTS) is 1. The Balaban J connectivity index is 2.49. The molecule has 0 saturated carbocycles. The van der Waals surface area contributed by atoms with Gasteiger partial charge in [-0.05, 0) is 31.1 Å². The van der Waals surface area contributed by atoms with Crippen LogP contribution in [-0.4, -0.2) is 35.1 Å². The van der Waals surface area contributed by atoms with Gasteiger partial charge < -0.3 is 10.4 Å². The van der Waals surface area contributed by atoms with E-state index in [2.05, 4.69) is 48.3 Å². The fourth-order valence-corrected chi connectivity index (χ4v) is 1.83. The van der Waals surface area contributed by atoms with Gasteiger partial charge in [0.1, 0.15) is 6.04 Å². The number of hydrogen-bond acceptors (Lipinski definition) is 3. The third-order valence-corrected chi connectivity index (χ3v) is 3.31. The number of nitrogens with one attached hydrogen (secondary N) is 1. The number of hydrogen-bond donors (Lipinski definition) is 2. The molecule has 19 heavy (non-hydrogen) atoms. The maximum atomic E-state index is 10.7. The SMILES string of the molecule is CCN(CC)Cc1ccc(CNC(C)C(=O)O)cc1. The van der Waals surface area contributed by atoms with Gasteiger partial charge in [-0.15, -0.1) is 0 Å². The van der Waals surface area contributed by atoms with E-state index in [1.54, 1.807) is 6.92 Å². The average molecular weight is 264 g/mol. The van der Waals surface area contributed by atoms with Gasteiger partial charge in [0.2, 0.25) is 0 Å². The van der Waals surface area contributed by atoms with Gasteiger partial charge in [0.15, 0.2) is 0 Å². The van der Waals surface area contributed by atoms with E-state index in [9.17, 15) is 4.79 Å². The van der Waals surface area contributed by atoms with Crippen molar-refractivity contribution in [3.8, 4) is 0 Å². The van der Waals surface area contributed by atoms with Crippen molar-refractivity contribution in [3.63, 3.8) is 0 Å². The van der Waals surface area contributed by atoms with Gasteiger partial charge >= 0.3 is 5.97 Å². The highest BCUT2D eigenvalue weighted by Gasteiger charge is 2.09. The van der Waals surface area contributed by atoms with Crippen molar-refractivity contribution >= 4 is 5.97 Å². The second-order valence-electron chi connectivity index (χ2n) is 4.72. The molecular formula is C15H24N2O2. The van der Waals surface area contributed by atoms with Crippen molar-refractivity contribution in [3.05, 3.63) is 35.4 Å². The number of carbonyl (C=O) groups is 1. The summed E-state index contributed by atoms with van der Waals surface area (Å²) in [5, 5.41) is 11.8. The number of benzene rings is 1. The molecule has 2 N–H and O–H groups in total. The Hall–Kier alpha value is -1.39. The molecule has 0 fully saturated rings. The molecule has 106 valence electrons. The largest absolute Gasteiger partial charge is 0.480 e. The monoisotopic (exact) mass is 264 g/mol. The zero-order valence-electron chi connectivity index (χ0n) is 12.0. The Morgan fingerprint density at radius 3 is 2.21 bits per heavy atom. The Bertz CT molecular complexity index is 386. The van der Waals surface area contributed by atoms with Gasteiger partial charge in [0.05, 0.1) is 0 Å². The molecule has 1 rings (SSSR count). The summed E-state index contributed by atoms with van der Waals surface area (Å²) < 4.78 is 0. The topological polar surface area (TPSA) is 52.6 Å². The molecule has 0 spiro atoms. The van der Waals surface area contributed by atoms with Crippen LogP contribution in [0.4, 0.5) is 0 Å². The zero-order chi connectivity index (χ0) is 14.3. The standard InChI is InChI=1S/C15H24N2O2/c1-4-17(5-2)11-14-8-6-13(7-9-14)10-16-12(3)15(18)19/h6-9,12,16H,4-5,10-11H2,1-3H3,(H,18,19). The highest BCUT2D eigenvalue weighted by Crippen LogP contribution is 2.07. The Labute approximate surface area is 115 Å². The second-order valence-corrected chi connectivity index (χ2v) is 4.72. The third kappa shape index (κ3) is 5.41. The van der Waals surface area contributed by atoms with Crippen molar-refractivity contribution in [2.45, 2.75) is 39.9 Å². The third-order valence-electron chi connectivity index (χ3n) is 3.31. The normalized spacial score (nSPS) is 12.6. The average Bonchev–Trinajstić information content (AvgIpc) is 2.43. The number of nitrogens with zero attached hydrogens (tertiary/aromatic N) is 1. The van der Waals surface area contributed by atoms with Gasteiger partial charge in [-0.3, -0.25) is 9.69 Å². The second kappa shape index (κ2) is 7.92. The first kappa shape index (κ1) is 15.7. The number of rotatable bonds is 8. The Kier molecular flexibility index (Phi) is 6.53. The molecule has 4 nitrogen and oxygen atoms in total. The summed E-state index contributed by atoms with van der Waals surface area (Å²) in [7, 11) is 0. The van der Waals surface area contributed by atoms with Crippen LogP contribution in [0, 0.1) is 0 Å². The molecular weight excluding hydrogens is 240 g/mol. The van der Waals surface area contributed by atoms with Crippen LogP contribution in [0.25, 0.3) is 0 Å². The molecule has 0 aliphatic heterocycles. The van der Waals surface area contributed by atoms with E-state index in [0.29, 0.717) is 6.54 Å². The molecule has 1 aromatic rings. The fraction of sp³-hybridized carbons (Fsp3) is 0.533. The summed E-state index contributed by atoms with van der Waals surface area (Å²) in [5.41, 5.74) is 2.40. The quantitative estimate of drug-likeness (QED) is 0.755. The molecule has 0 aromatic heterocycles. The molecule has 0 heterocycles. The highest BCUT2D eigenvalue weighted by atomic mass is 16.4. The van der Waals surface area contributed by atoms with Crippen molar-refractivity contribution < 1.29 is 9.90 Å². The molecule has 0 saturated heterocycles. The molecule has 1 aromatic carbocycles.